The summed E-state index contributed by atoms with van der Waals surface area (Å²) in [4.78, 5) is 11.5. The zero-order chi connectivity index (χ0) is 12.7. The SMILES string of the molecule is COCCC(=O)NC(CO)c1ccc(Cl)cc1. The predicted octanol–water partition coefficient (Wildman–Crippen LogP) is 1.53. The summed E-state index contributed by atoms with van der Waals surface area (Å²) in [5.74, 6) is -0.152. The highest BCUT2D eigenvalue weighted by atomic mass is 35.5. The van der Waals surface area contributed by atoms with E-state index >= 15 is 0 Å². The molecule has 5 heteroatoms. The van der Waals surface area contributed by atoms with Gasteiger partial charge in [-0.2, -0.15) is 0 Å². The first kappa shape index (κ1) is 14.0. The molecule has 1 amide bonds. The number of rotatable bonds is 6. The van der Waals surface area contributed by atoms with E-state index in [0.29, 0.717) is 11.6 Å². The molecule has 0 aliphatic carbocycles. The van der Waals surface area contributed by atoms with Crippen LogP contribution in [0, 0.1) is 0 Å². The second kappa shape index (κ2) is 7.27. The van der Waals surface area contributed by atoms with E-state index in [4.69, 9.17) is 16.3 Å². The summed E-state index contributed by atoms with van der Waals surface area (Å²) in [5, 5.41) is 12.6. The van der Waals surface area contributed by atoms with E-state index in [-0.39, 0.29) is 18.9 Å². The second-order valence-corrected chi connectivity index (χ2v) is 4.03. The first-order valence-corrected chi connectivity index (χ1v) is 5.69. The molecule has 17 heavy (non-hydrogen) atoms. The molecule has 0 aliphatic heterocycles. The fourth-order valence-electron chi connectivity index (χ4n) is 1.39. The summed E-state index contributed by atoms with van der Waals surface area (Å²) in [7, 11) is 1.54. The molecule has 0 saturated heterocycles. The Labute approximate surface area is 106 Å². The summed E-state index contributed by atoms with van der Waals surface area (Å²) < 4.78 is 4.81. The molecular weight excluding hydrogens is 242 g/mol. The summed E-state index contributed by atoms with van der Waals surface area (Å²) in [6.07, 6.45) is 0.278. The van der Waals surface area contributed by atoms with E-state index in [9.17, 15) is 9.90 Å². The van der Waals surface area contributed by atoms with Gasteiger partial charge in [0.1, 0.15) is 0 Å². The maximum Gasteiger partial charge on any atom is 0.222 e. The fraction of sp³-hybridized carbons (Fsp3) is 0.417. The van der Waals surface area contributed by atoms with E-state index < -0.39 is 6.04 Å². The van der Waals surface area contributed by atoms with E-state index in [2.05, 4.69) is 5.32 Å². The van der Waals surface area contributed by atoms with Gasteiger partial charge in [-0.1, -0.05) is 23.7 Å². The Morgan fingerprint density at radius 2 is 2.12 bits per heavy atom. The van der Waals surface area contributed by atoms with Gasteiger partial charge in [-0.25, -0.2) is 0 Å². The molecule has 0 heterocycles. The summed E-state index contributed by atoms with van der Waals surface area (Å²) in [6, 6.07) is 6.60. The van der Waals surface area contributed by atoms with E-state index in [1.807, 2.05) is 0 Å². The molecule has 0 fully saturated rings. The fourth-order valence-corrected chi connectivity index (χ4v) is 1.52. The number of ether oxygens (including phenoxy) is 1. The highest BCUT2D eigenvalue weighted by molar-refractivity contribution is 6.30. The molecule has 0 radical (unpaired) electrons. The summed E-state index contributed by atoms with van der Waals surface area (Å²) >= 11 is 5.77. The number of amides is 1. The number of benzene rings is 1. The van der Waals surface area contributed by atoms with Crippen LogP contribution in [-0.4, -0.2) is 31.3 Å². The Hall–Kier alpha value is -1.10. The van der Waals surface area contributed by atoms with Crippen molar-refractivity contribution in [2.75, 3.05) is 20.3 Å². The number of aliphatic hydroxyl groups excluding tert-OH is 1. The molecule has 4 nitrogen and oxygen atoms in total. The van der Waals surface area contributed by atoms with Crippen molar-refractivity contribution in [3.05, 3.63) is 34.9 Å². The van der Waals surface area contributed by atoms with Crippen LogP contribution in [0.15, 0.2) is 24.3 Å². The lowest BCUT2D eigenvalue weighted by Crippen LogP contribution is -2.31. The summed E-state index contributed by atoms with van der Waals surface area (Å²) in [5.41, 5.74) is 0.822. The Bertz CT molecular complexity index is 353. The van der Waals surface area contributed by atoms with Gasteiger partial charge in [-0.15, -0.1) is 0 Å². The Morgan fingerprint density at radius 3 is 2.65 bits per heavy atom. The lowest BCUT2D eigenvalue weighted by Gasteiger charge is -2.16. The van der Waals surface area contributed by atoms with Gasteiger partial charge >= 0.3 is 0 Å². The third-order valence-electron chi connectivity index (χ3n) is 2.32. The standard InChI is InChI=1S/C12H16ClNO3/c1-17-7-6-12(16)14-11(8-15)9-2-4-10(13)5-3-9/h2-5,11,15H,6-8H2,1H3,(H,14,16). The minimum atomic E-state index is -0.406. The zero-order valence-electron chi connectivity index (χ0n) is 9.65. The number of carbonyl (C=O) groups is 1. The van der Waals surface area contributed by atoms with Crippen molar-refractivity contribution in [3.63, 3.8) is 0 Å². The van der Waals surface area contributed by atoms with Crippen LogP contribution >= 0.6 is 11.6 Å². The Morgan fingerprint density at radius 1 is 1.47 bits per heavy atom. The lowest BCUT2D eigenvalue weighted by atomic mass is 10.1. The average molecular weight is 258 g/mol. The van der Waals surface area contributed by atoms with Crippen molar-refractivity contribution >= 4 is 17.5 Å². The quantitative estimate of drug-likeness (QED) is 0.813. The lowest BCUT2D eigenvalue weighted by molar-refractivity contribution is -0.123. The highest BCUT2D eigenvalue weighted by Gasteiger charge is 2.13. The van der Waals surface area contributed by atoms with Crippen LogP contribution in [0.2, 0.25) is 5.02 Å². The Balaban J connectivity index is 2.59. The Kier molecular flexibility index (Phi) is 5.97. The molecule has 1 atom stereocenters. The van der Waals surface area contributed by atoms with Crippen LogP contribution in [0.1, 0.15) is 18.0 Å². The van der Waals surface area contributed by atoms with E-state index in [1.165, 1.54) is 7.11 Å². The molecule has 0 aromatic heterocycles. The van der Waals surface area contributed by atoms with Crippen LogP contribution in [-0.2, 0) is 9.53 Å². The van der Waals surface area contributed by atoms with Gasteiger partial charge in [0.15, 0.2) is 0 Å². The van der Waals surface area contributed by atoms with Gasteiger partial charge in [-0.3, -0.25) is 4.79 Å². The highest BCUT2D eigenvalue weighted by Crippen LogP contribution is 2.16. The largest absolute Gasteiger partial charge is 0.394 e. The molecule has 1 unspecified atom stereocenters. The normalized spacial score (nSPS) is 12.2. The topological polar surface area (TPSA) is 58.6 Å². The number of hydrogen-bond donors (Lipinski definition) is 2. The van der Waals surface area contributed by atoms with Crippen LogP contribution < -0.4 is 5.32 Å². The molecule has 1 aromatic carbocycles. The van der Waals surface area contributed by atoms with Gasteiger partial charge in [-0.05, 0) is 17.7 Å². The number of methoxy groups -OCH3 is 1. The zero-order valence-corrected chi connectivity index (χ0v) is 10.4. The molecule has 1 aromatic rings. The number of nitrogens with one attached hydrogen (secondary N) is 1. The number of carbonyl (C=O) groups excluding carboxylic acids is 1. The van der Waals surface area contributed by atoms with E-state index in [1.54, 1.807) is 24.3 Å². The molecule has 1 rings (SSSR count). The second-order valence-electron chi connectivity index (χ2n) is 3.60. The van der Waals surface area contributed by atoms with Crippen molar-refractivity contribution in [1.82, 2.24) is 5.32 Å². The number of halogens is 1. The molecule has 2 N–H and O–H groups in total. The van der Waals surface area contributed by atoms with Gasteiger partial charge in [0.25, 0.3) is 0 Å². The molecule has 94 valence electrons. The third kappa shape index (κ3) is 4.73. The first-order chi connectivity index (χ1) is 8.17. The third-order valence-corrected chi connectivity index (χ3v) is 2.58. The van der Waals surface area contributed by atoms with Crippen LogP contribution in [0.5, 0.6) is 0 Å². The smallest absolute Gasteiger partial charge is 0.222 e. The van der Waals surface area contributed by atoms with Crippen LogP contribution in [0.3, 0.4) is 0 Å². The van der Waals surface area contributed by atoms with Crippen LogP contribution in [0.25, 0.3) is 0 Å². The van der Waals surface area contributed by atoms with Crippen molar-refractivity contribution in [2.24, 2.45) is 0 Å². The minimum absolute atomic E-state index is 0.152. The number of aliphatic hydroxyl groups is 1. The number of hydrogen-bond acceptors (Lipinski definition) is 3. The van der Waals surface area contributed by atoms with Crippen LogP contribution in [0.4, 0.5) is 0 Å². The average Bonchev–Trinajstić information content (AvgIpc) is 2.34. The maximum absolute atomic E-state index is 11.5. The van der Waals surface area contributed by atoms with Crippen molar-refractivity contribution in [3.8, 4) is 0 Å². The molecular formula is C12H16ClNO3. The molecule has 0 aliphatic rings. The van der Waals surface area contributed by atoms with Gasteiger partial charge in [0, 0.05) is 18.6 Å². The van der Waals surface area contributed by atoms with E-state index in [0.717, 1.165) is 5.56 Å². The van der Waals surface area contributed by atoms with Gasteiger partial charge in [0.2, 0.25) is 5.91 Å². The minimum Gasteiger partial charge on any atom is -0.394 e. The predicted molar refractivity (Wildman–Crippen MR) is 65.9 cm³/mol. The monoisotopic (exact) mass is 257 g/mol. The summed E-state index contributed by atoms with van der Waals surface area (Å²) in [6.45, 7) is 0.213. The first-order valence-electron chi connectivity index (χ1n) is 5.32. The molecule has 0 bridgehead atoms. The van der Waals surface area contributed by atoms with Crippen molar-refractivity contribution in [1.29, 1.82) is 0 Å². The molecule has 0 saturated carbocycles. The maximum atomic E-state index is 11.5. The van der Waals surface area contributed by atoms with Crippen molar-refractivity contribution in [2.45, 2.75) is 12.5 Å². The van der Waals surface area contributed by atoms with Crippen molar-refractivity contribution < 1.29 is 14.6 Å². The molecule has 0 spiro atoms. The van der Waals surface area contributed by atoms with Gasteiger partial charge in [0.05, 0.1) is 19.3 Å². The van der Waals surface area contributed by atoms with Gasteiger partial charge < -0.3 is 15.2 Å².